The number of para-hydroxylation sites is 1. The molecular weight excluding hydrogens is 336 g/mol. The van der Waals surface area contributed by atoms with Crippen LogP contribution in [0.4, 0.5) is 5.69 Å². The van der Waals surface area contributed by atoms with Crippen LogP contribution in [0.15, 0.2) is 34.5 Å². The Labute approximate surface area is 138 Å². The van der Waals surface area contributed by atoms with Gasteiger partial charge in [-0.15, -0.1) is 10.2 Å². The summed E-state index contributed by atoms with van der Waals surface area (Å²) in [5.41, 5.74) is 1.17. The van der Waals surface area contributed by atoms with Crippen molar-refractivity contribution in [2.45, 2.75) is 12.5 Å². The highest BCUT2D eigenvalue weighted by Crippen LogP contribution is 2.37. The quantitative estimate of drug-likeness (QED) is 0.637. The highest BCUT2D eigenvalue weighted by atomic mass is 32.2. The second-order valence-electron chi connectivity index (χ2n) is 5.50. The highest BCUT2D eigenvalue weighted by Gasteiger charge is 2.28. The zero-order chi connectivity index (χ0) is 16.6. The van der Waals surface area contributed by atoms with Crippen LogP contribution in [-0.4, -0.2) is 40.8 Å². The number of nitrogens with one attached hydrogen (secondary N) is 1. The molecule has 0 radical (unpaired) electrons. The third kappa shape index (κ3) is 3.20. The molecule has 0 saturated carbocycles. The van der Waals surface area contributed by atoms with Crippen molar-refractivity contribution in [2.75, 3.05) is 11.5 Å². The summed E-state index contributed by atoms with van der Waals surface area (Å²) in [5, 5.41) is 21.9. The first-order valence-corrected chi connectivity index (χ1v) is 9.29. The summed E-state index contributed by atoms with van der Waals surface area (Å²) in [4.78, 5) is 0. The average molecular weight is 352 g/mol. The molecule has 0 aliphatic carbocycles. The molecular formula is C14H16N4O3S2. The molecule has 122 valence electrons. The molecule has 2 N–H and O–H groups in total. The van der Waals surface area contributed by atoms with Crippen molar-refractivity contribution in [3.63, 3.8) is 0 Å². The molecule has 3 rings (SSSR count). The number of hydrogen-bond acceptors (Lipinski definition) is 5. The van der Waals surface area contributed by atoms with Gasteiger partial charge in [-0.05, 0) is 24.7 Å². The third-order valence-corrected chi connectivity index (χ3v) is 5.82. The van der Waals surface area contributed by atoms with Crippen LogP contribution in [0, 0.1) is 0 Å². The summed E-state index contributed by atoms with van der Waals surface area (Å²) in [7, 11) is -1.25. The van der Waals surface area contributed by atoms with Gasteiger partial charge in [-0.2, -0.15) is 0 Å². The summed E-state index contributed by atoms with van der Waals surface area (Å²) < 4.78 is 24.5. The lowest BCUT2D eigenvalue weighted by Gasteiger charge is -2.08. The molecule has 1 aliphatic rings. The van der Waals surface area contributed by atoms with Crippen LogP contribution in [-0.2, 0) is 16.9 Å². The largest absolute Gasteiger partial charge is 0.493 e. The second kappa shape index (κ2) is 5.89. The number of sulfone groups is 1. The molecule has 7 nitrogen and oxygen atoms in total. The molecule has 2 aromatic rings. The minimum Gasteiger partial charge on any atom is -0.493 e. The van der Waals surface area contributed by atoms with Crippen LogP contribution >= 0.6 is 12.2 Å². The van der Waals surface area contributed by atoms with E-state index in [1.54, 1.807) is 11.6 Å². The lowest BCUT2D eigenvalue weighted by Crippen LogP contribution is -2.33. The third-order valence-electron chi connectivity index (χ3n) is 3.85. The molecule has 23 heavy (non-hydrogen) atoms. The van der Waals surface area contributed by atoms with Crippen molar-refractivity contribution < 1.29 is 13.5 Å². The second-order valence-corrected chi connectivity index (χ2v) is 8.11. The van der Waals surface area contributed by atoms with Crippen LogP contribution in [0.2, 0.25) is 0 Å². The van der Waals surface area contributed by atoms with Crippen molar-refractivity contribution in [1.29, 1.82) is 0 Å². The Morgan fingerprint density at radius 3 is 2.87 bits per heavy atom. The van der Waals surface area contributed by atoms with Gasteiger partial charge in [-0.1, -0.05) is 18.2 Å². The van der Waals surface area contributed by atoms with Crippen LogP contribution in [0.3, 0.4) is 0 Å². The molecule has 1 aromatic carbocycles. The minimum atomic E-state index is -2.98. The van der Waals surface area contributed by atoms with Gasteiger partial charge in [0.05, 0.1) is 17.0 Å². The fraction of sp³-hybridized carbons (Fsp3) is 0.357. The van der Waals surface area contributed by atoms with E-state index in [1.165, 1.54) is 0 Å². The van der Waals surface area contributed by atoms with Crippen LogP contribution in [0.1, 0.15) is 6.42 Å². The molecule has 1 saturated heterocycles. The normalized spacial score (nSPS) is 20.3. The lowest BCUT2D eigenvalue weighted by atomic mass is 10.2. The number of nitrogens with zero attached hydrogens (tertiary/aromatic N) is 3. The van der Waals surface area contributed by atoms with E-state index in [4.69, 9.17) is 12.2 Å². The first-order valence-electron chi connectivity index (χ1n) is 7.06. The number of aryl methyl sites for hydroxylation is 1. The Balaban J connectivity index is 1.78. The number of aromatic nitrogens is 1. The van der Waals surface area contributed by atoms with E-state index in [0.29, 0.717) is 12.1 Å². The maximum atomic E-state index is 11.4. The lowest BCUT2D eigenvalue weighted by molar-refractivity contribution is 0.436. The first kappa shape index (κ1) is 15.9. The molecule has 2 heterocycles. The van der Waals surface area contributed by atoms with Crippen LogP contribution in [0.5, 0.6) is 5.88 Å². The Bertz CT molecular complexity index is 902. The van der Waals surface area contributed by atoms with Gasteiger partial charge < -0.3 is 15.0 Å². The molecule has 9 heteroatoms. The molecule has 1 fully saturated rings. The summed E-state index contributed by atoms with van der Waals surface area (Å²) >= 11 is 5.08. The average Bonchev–Trinajstić information content (AvgIpc) is 2.96. The van der Waals surface area contributed by atoms with E-state index in [1.807, 2.05) is 24.3 Å². The number of fused-ring (bicyclic) bond motifs is 1. The molecule has 1 aliphatic heterocycles. The summed E-state index contributed by atoms with van der Waals surface area (Å²) in [5.74, 6) is 0.220. The maximum absolute atomic E-state index is 11.4. The van der Waals surface area contributed by atoms with Gasteiger partial charge in [0, 0.05) is 18.5 Å². The molecule has 0 amide bonds. The fourth-order valence-corrected chi connectivity index (χ4v) is 4.55. The number of benzene rings is 1. The van der Waals surface area contributed by atoms with E-state index < -0.39 is 9.84 Å². The predicted octanol–water partition coefficient (Wildman–Crippen LogP) is 2.03. The van der Waals surface area contributed by atoms with Crippen molar-refractivity contribution in [3.8, 4) is 5.88 Å². The van der Waals surface area contributed by atoms with Gasteiger partial charge in [0.2, 0.25) is 11.0 Å². The number of azo groups is 1. The molecule has 0 spiro atoms. The number of rotatable bonds is 2. The SMILES string of the molecule is Cn1c(O)c(N=NC(=S)NC2CCS(=O)(=O)C2)c2ccccc21. The van der Waals surface area contributed by atoms with E-state index in [9.17, 15) is 13.5 Å². The zero-order valence-corrected chi connectivity index (χ0v) is 14.1. The van der Waals surface area contributed by atoms with Gasteiger partial charge in [0.25, 0.3) is 0 Å². The minimum absolute atomic E-state index is 0.00111. The molecule has 1 aromatic heterocycles. The van der Waals surface area contributed by atoms with Gasteiger partial charge in [0.15, 0.2) is 15.5 Å². The van der Waals surface area contributed by atoms with Gasteiger partial charge >= 0.3 is 0 Å². The summed E-state index contributed by atoms with van der Waals surface area (Å²) in [6.45, 7) is 0. The van der Waals surface area contributed by atoms with E-state index in [-0.39, 0.29) is 28.5 Å². The highest BCUT2D eigenvalue weighted by molar-refractivity contribution is 7.91. The fourth-order valence-electron chi connectivity index (χ4n) is 2.67. The number of hydrogen-bond donors (Lipinski definition) is 2. The van der Waals surface area contributed by atoms with Crippen LogP contribution in [0.25, 0.3) is 10.9 Å². The monoisotopic (exact) mass is 352 g/mol. The van der Waals surface area contributed by atoms with E-state index in [2.05, 4.69) is 15.5 Å². The van der Waals surface area contributed by atoms with Crippen molar-refractivity contribution in [3.05, 3.63) is 24.3 Å². The van der Waals surface area contributed by atoms with Crippen molar-refractivity contribution in [1.82, 2.24) is 9.88 Å². The molecule has 1 unspecified atom stereocenters. The number of thiocarbonyl (C=S) groups is 1. The topological polar surface area (TPSA) is 96.0 Å². The standard InChI is InChI=1S/C14H16N4O3S2/c1-18-11-5-3-2-4-10(11)12(13(18)19)16-17-14(22)15-9-6-7-23(20,21)8-9/h2-5,9,19H,6-8H2,1H3,(H,15,22). The maximum Gasteiger partial charge on any atom is 0.220 e. The Morgan fingerprint density at radius 1 is 1.43 bits per heavy atom. The van der Waals surface area contributed by atoms with Crippen molar-refractivity contribution >= 4 is 43.8 Å². The number of aromatic hydroxyl groups is 1. The van der Waals surface area contributed by atoms with Gasteiger partial charge in [-0.3, -0.25) is 0 Å². The van der Waals surface area contributed by atoms with E-state index in [0.717, 1.165) is 10.9 Å². The molecule has 1 atom stereocenters. The first-order chi connectivity index (χ1) is 10.9. The molecule has 0 bridgehead atoms. The Kier molecular flexibility index (Phi) is 4.07. The Morgan fingerprint density at radius 2 is 2.17 bits per heavy atom. The summed E-state index contributed by atoms with van der Waals surface area (Å²) in [6, 6.07) is 7.20. The zero-order valence-electron chi connectivity index (χ0n) is 12.4. The van der Waals surface area contributed by atoms with Gasteiger partial charge in [0.1, 0.15) is 0 Å². The van der Waals surface area contributed by atoms with Crippen molar-refractivity contribution in [2.24, 2.45) is 17.3 Å². The predicted molar refractivity (Wildman–Crippen MR) is 91.9 cm³/mol. The van der Waals surface area contributed by atoms with Gasteiger partial charge in [-0.25, -0.2) is 8.42 Å². The Hall–Kier alpha value is -2.00. The summed E-state index contributed by atoms with van der Waals surface area (Å²) in [6.07, 6.45) is 0.511. The smallest absolute Gasteiger partial charge is 0.220 e. The van der Waals surface area contributed by atoms with E-state index >= 15 is 0 Å². The van der Waals surface area contributed by atoms with Crippen LogP contribution < -0.4 is 5.32 Å².